The van der Waals surface area contributed by atoms with Crippen LogP contribution in [-0.2, 0) is 4.84 Å². The van der Waals surface area contributed by atoms with Crippen molar-refractivity contribution < 1.29 is 4.84 Å². The molecule has 1 spiro atoms. The molecule has 2 fully saturated rings. The zero-order chi connectivity index (χ0) is 4.74. The molecule has 1 heterocycles. The van der Waals surface area contributed by atoms with Crippen LogP contribution in [0.2, 0.25) is 0 Å². The molecule has 0 unspecified atom stereocenters. The number of rotatable bonds is 0. The summed E-state index contributed by atoms with van der Waals surface area (Å²) in [6.07, 6.45) is 4.04. The van der Waals surface area contributed by atoms with E-state index in [1.165, 1.54) is 19.3 Å². The Morgan fingerprint density at radius 2 is 2.14 bits per heavy atom. The molecule has 1 saturated carbocycles. The summed E-state index contributed by atoms with van der Waals surface area (Å²) in [6, 6.07) is 0. The first-order chi connectivity index (χ1) is 3.41. The van der Waals surface area contributed by atoms with Crippen molar-refractivity contribution in [3.05, 3.63) is 0 Å². The molecule has 0 aromatic rings. The number of hydroxylamine groups is 1. The fraction of sp³-hybridized carbons (Fsp3) is 1.00. The Labute approximate surface area is 42.8 Å². The smallest absolute Gasteiger partial charge is 0.0886 e. The highest BCUT2D eigenvalue weighted by Crippen LogP contribution is 2.35. The monoisotopic (exact) mass is 99.1 g/mol. The summed E-state index contributed by atoms with van der Waals surface area (Å²) in [7, 11) is 0. The predicted molar refractivity (Wildman–Crippen MR) is 25.7 cm³/mol. The summed E-state index contributed by atoms with van der Waals surface area (Å²) < 4.78 is 0. The van der Waals surface area contributed by atoms with Crippen molar-refractivity contribution in [2.24, 2.45) is 0 Å². The van der Waals surface area contributed by atoms with Gasteiger partial charge in [-0.25, -0.2) is 0 Å². The van der Waals surface area contributed by atoms with Crippen molar-refractivity contribution in [1.82, 2.24) is 5.48 Å². The van der Waals surface area contributed by atoms with Gasteiger partial charge in [-0.3, -0.25) is 4.84 Å². The lowest BCUT2D eigenvalue weighted by atomic mass is 9.77. The molecular weight excluding hydrogens is 90.1 g/mol. The Bertz CT molecular complexity index is 68.6. The van der Waals surface area contributed by atoms with E-state index in [9.17, 15) is 0 Å². The predicted octanol–water partition coefficient (Wildman–Crippen LogP) is 0.444. The Morgan fingerprint density at radius 3 is 2.14 bits per heavy atom. The van der Waals surface area contributed by atoms with Gasteiger partial charge in [-0.2, -0.15) is 5.48 Å². The van der Waals surface area contributed by atoms with Gasteiger partial charge in [-0.15, -0.1) is 0 Å². The van der Waals surface area contributed by atoms with E-state index in [2.05, 4.69) is 5.48 Å². The molecule has 2 heteroatoms. The maximum atomic E-state index is 4.83. The first-order valence-electron chi connectivity index (χ1n) is 2.80. The lowest BCUT2D eigenvalue weighted by Gasteiger charge is -2.48. The third-order valence-electron chi connectivity index (χ3n) is 1.95. The molecule has 40 valence electrons. The van der Waals surface area contributed by atoms with Crippen LogP contribution in [0.1, 0.15) is 19.3 Å². The zero-order valence-electron chi connectivity index (χ0n) is 4.24. The molecule has 2 rings (SSSR count). The number of nitrogens with one attached hydrogen (secondary N) is 1. The molecule has 1 N–H and O–H groups in total. The van der Waals surface area contributed by atoms with Gasteiger partial charge in [0.05, 0.1) is 12.1 Å². The van der Waals surface area contributed by atoms with Crippen LogP contribution < -0.4 is 5.48 Å². The van der Waals surface area contributed by atoms with E-state index in [0.717, 1.165) is 6.61 Å². The highest BCUT2D eigenvalue weighted by Gasteiger charge is 2.43. The van der Waals surface area contributed by atoms with E-state index < -0.39 is 0 Å². The third-order valence-corrected chi connectivity index (χ3v) is 1.95. The standard InChI is InChI=1S/C5H9NO/c1-2-5(3-1)4-7-6-5/h6H,1-4H2. The Kier molecular flexibility index (Phi) is 0.557. The second kappa shape index (κ2) is 1.01. The summed E-state index contributed by atoms with van der Waals surface area (Å²) >= 11 is 0. The van der Waals surface area contributed by atoms with E-state index in [1.54, 1.807) is 0 Å². The van der Waals surface area contributed by atoms with Gasteiger partial charge in [-0.1, -0.05) is 0 Å². The first-order valence-corrected chi connectivity index (χ1v) is 2.80. The summed E-state index contributed by atoms with van der Waals surface area (Å²) in [6.45, 7) is 0.951. The third kappa shape index (κ3) is 0.359. The molecule has 0 amide bonds. The summed E-state index contributed by atoms with van der Waals surface area (Å²) in [5.74, 6) is 0. The van der Waals surface area contributed by atoms with Gasteiger partial charge in [0.1, 0.15) is 0 Å². The van der Waals surface area contributed by atoms with Crippen LogP contribution in [0.3, 0.4) is 0 Å². The minimum Gasteiger partial charge on any atom is -0.299 e. The molecule has 2 nitrogen and oxygen atoms in total. The maximum absolute atomic E-state index is 4.83. The van der Waals surface area contributed by atoms with Crippen LogP contribution in [-0.4, -0.2) is 12.1 Å². The topological polar surface area (TPSA) is 21.3 Å². The molecule has 1 aliphatic carbocycles. The number of hydrogen-bond donors (Lipinski definition) is 1. The molecule has 7 heavy (non-hydrogen) atoms. The van der Waals surface area contributed by atoms with Crippen LogP contribution >= 0.6 is 0 Å². The van der Waals surface area contributed by atoms with Gasteiger partial charge in [0, 0.05) is 0 Å². The first kappa shape index (κ1) is 3.87. The quantitative estimate of drug-likeness (QED) is 0.476. The minimum atomic E-state index is 0.472. The lowest BCUT2D eigenvalue weighted by Crippen LogP contribution is -2.63. The van der Waals surface area contributed by atoms with Crippen LogP contribution in [0.5, 0.6) is 0 Å². The van der Waals surface area contributed by atoms with Crippen molar-refractivity contribution in [2.75, 3.05) is 6.61 Å². The van der Waals surface area contributed by atoms with Crippen molar-refractivity contribution >= 4 is 0 Å². The molecule has 0 aromatic heterocycles. The highest BCUT2D eigenvalue weighted by molar-refractivity contribution is 4.97. The highest BCUT2D eigenvalue weighted by atomic mass is 16.7. The second-order valence-corrected chi connectivity index (χ2v) is 2.52. The van der Waals surface area contributed by atoms with Crippen molar-refractivity contribution in [3.63, 3.8) is 0 Å². The largest absolute Gasteiger partial charge is 0.299 e. The second-order valence-electron chi connectivity index (χ2n) is 2.52. The average molecular weight is 99.1 g/mol. The lowest BCUT2D eigenvalue weighted by molar-refractivity contribution is -0.190. The summed E-state index contributed by atoms with van der Waals surface area (Å²) in [4.78, 5) is 4.83. The van der Waals surface area contributed by atoms with E-state index in [-0.39, 0.29) is 0 Å². The van der Waals surface area contributed by atoms with E-state index in [0.29, 0.717) is 5.54 Å². The Hall–Kier alpha value is -0.0800. The van der Waals surface area contributed by atoms with Crippen molar-refractivity contribution in [2.45, 2.75) is 24.8 Å². The minimum absolute atomic E-state index is 0.472. The molecule has 2 aliphatic rings. The molecular formula is C5H9NO. The fourth-order valence-electron chi connectivity index (χ4n) is 1.13. The van der Waals surface area contributed by atoms with Crippen molar-refractivity contribution in [3.8, 4) is 0 Å². The Balaban J connectivity index is 2.00. The maximum Gasteiger partial charge on any atom is 0.0886 e. The fourth-order valence-corrected chi connectivity index (χ4v) is 1.13. The molecule has 0 radical (unpaired) electrons. The number of hydrogen-bond acceptors (Lipinski definition) is 2. The average Bonchev–Trinajstić information content (AvgIpc) is 1.20. The van der Waals surface area contributed by atoms with Gasteiger partial charge in [0.25, 0.3) is 0 Å². The zero-order valence-corrected chi connectivity index (χ0v) is 4.24. The van der Waals surface area contributed by atoms with E-state index in [4.69, 9.17) is 4.84 Å². The SMILES string of the molecule is C1CC2(C1)CON2. The van der Waals surface area contributed by atoms with Crippen LogP contribution in [0, 0.1) is 0 Å². The van der Waals surface area contributed by atoms with E-state index in [1.807, 2.05) is 0 Å². The molecule has 1 aliphatic heterocycles. The van der Waals surface area contributed by atoms with Gasteiger partial charge in [0.15, 0.2) is 0 Å². The van der Waals surface area contributed by atoms with Gasteiger partial charge in [-0.05, 0) is 19.3 Å². The van der Waals surface area contributed by atoms with Crippen LogP contribution in [0.4, 0.5) is 0 Å². The molecule has 1 saturated heterocycles. The van der Waals surface area contributed by atoms with Gasteiger partial charge in [0.2, 0.25) is 0 Å². The Morgan fingerprint density at radius 1 is 1.43 bits per heavy atom. The normalized spacial score (nSPS) is 34.3. The van der Waals surface area contributed by atoms with Gasteiger partial charge < -0.3 is 0 Å². The molecule has 0 atom stereocenters. The summed E-state index contributed by atoms with van der Waals surface area (Å²) in [5, 5.41) is 0. The van der Waals surface area contributed by atoms with E-state index >= 15 is 0 Å². The van der Waals surface area contributed by atoms with Crippen LogP contribution in [0.15, 0.2) is 0 Å². The molecule has 0 bridgehead atoms. The molecule has 0 aromatic carbocycles. The van der Waals surface area contributed by atoms with Gasteiger partial charge >= 0.3 is 0 Å². The van der Waals surface area contributed by atoms with Crippen LogP contribution in [0.25, 0.3) is 0 Å². The van der Waals surface area contributed by atoms with Crippen molar-refractivity contribution in [1.29, 1.82) is 0 Å². The summed E-state index contributed by atoms with van der Waals surface area (Å²) in [5.41, 5.74) is 3.43.